The Hall–Kier alpha value is -1.10. The summed E-state index contributed by atoms with van der Waals surface area (Å²) in [6.45, 7) is 0. The maximum atomic E-state index is 11.0. The van der Waals surface area contributed by atoms with E-state index in [1.54, 1.807) is 22.7 Å². The highest BCUT2D eigenvalue weighted by Gasteiger charge is 2.27. The van der Waals surface area contributed by atoms with E-state index in [2.05, 4.69) is 35.0 Å². The Morgan fingerprint density at radius 3 is 2.23 bits per heavy atom. The fraction of sp³-hybridized carbons (Fsp3) is 0.333. The molecule has 1 aliphatic rings. The molecule has 4 heteroatoms. The predicted octanol–water partition coefficient (Wildman–Crippen LogP) is 6.96. The third kappa shape index (κ3) is 2.53. The van der Waals surface area contributed by atoms with Crippen molar-refractivity contribution >= 4 is 34.0 Å². The summed E-state index contributed by atoms with van der Waals surface area (Å²) in [5.41, 5.74) is 1.06. The first-order valence-electron chi connectivity index (χ1n) is 7.78. The van der Waals surface area contributed by atoms with Crippen LogP contribution in [0, 0.1) is 0 Å². The molecule has 114 valence electrons. The molecule has 1 N–H and O–H groups in total. The fourth-order valence-electron chi connectivity index (χ4n) is 3.31. The lowest BCUT2D eigenvalue weighted by molar-refractivity contribution is 0.422. The zero-order chi connectivity index (χ0) is 14.9. The summed E-state index contributed by atoms with van der Waals surface area (Å²) < 4.78 is 0. The molecule has 0 unspecified atom stereocenters. The van der Waals surface area contributed by atoms with Gasteiger partial charge in [-0.3, -0.25) is 0 Å². The van der Waals surface area contributed by atoms with Crippen molar-refractivity contribution in [1.82, 2.24) is 0 Å². The van der Waals surface area contributed by atoms with Gasteiger partial charge in [0.15, 0.2) is 0 Å². The summed E-state index contributed by atoms with van der Waals surface area (Å²) in [6, 6.07) is 8.44. The molecule has 0 amide bonds. The van der Waals surface area contributed by atoms with Gasteiger partial charge in [0.25, 0.3) is 0 Å². The molecule has 1 fully saturated rings. The molecule has 4 rings (SSSR count). The van der Waals surface area contributed by atoms with E-state index < -0.39 is 0 Å². The van der Waals surface area contributed by atoms with Gasteiger partial charge in [-0.25, -0.2) is 0 Å². The van der Waals surface area contributed by atoms with E-state index in [9.17, 15) is 5.11 Å². The second-order valence-corrected chi connectivity index (χ2v) is 8.76. The molecule has 1 saturated carbocycles. The summed E-state index contributed by atoms with van der Waals surface area (Å²) in [5.74, 6) is 1.09. The van der Waals surface area contributed by atoms with Crippen LogP contribution in [0.2, 0.25) is 0 Å². The van der Waals surface area contributed by atoms with Gasteiger partial charge in [-0.05, 0) is 41.7 Å². The highest BCUT2D eigenvalue weighted by Crippen LogP contribution is 2.53. The van der Waals surface area contributed by atoms with Gasteiger partial charge in [0.05, 0.1) is 15.3 Å². The zero-order valence-electron chi connectivity index (χ0n) is 12.2. The third-order valence-electron chi connectivity index (χ3n) is 4.40. The van der Waals surface area contributed by atoms with Gasteiger partial charge in [0.2, 0.25) is 0 Å². The van der Waals surface area contributed by atoms with Gasteiger partial charge in [0, 0.05) is 9.75 Å². The first kappa shape index (κ1) is 14.5. The van der Waals surface area contributed by atoms with Crippen molar-refractivity contribution in [3.63, 3.8) is 0 Å². The van der Waals surface area contributed by atoms with Gasteiger partial charge >= 0.3 is 0 Å². The van der Waals surface area contributed by atoms with Crippen molar-refractivity contribution < 1.29 is 5.11 Å². The minimum Gasteiger partial charge on any atom is -0.506 e. The minimum atomic E-state index is 0.544. The largest absolute Gasteiger partial charge is 0.506 e. The van der Waals surface area contributed by atoms with Crippen LogP contribution < -0.4 is 0 Å². The summed E-state index contributed by atoms with van der Waals surface area (Å²) in [5, 5.41) is 15.2. The molecule has 1 nitrogen and oxygen atoms in total. The molecule has 3 aromatic rings. The van der Waals surface area contributed by atoms with Crippen molar-refractivity contribution in [2.75, 3.05) is 0 Å². The van der Waals surface area contributed by atoms with E-state index in [0.29, 0.717) is 11.7 Å². The van der Waals surface area contributed by atoms with Gasteiger partial charge < -0.3 is 5.11 Å². The Morgan fingerprint density at radius 2 is 1.59 bits per heavy atom. The quantitative estimate of drug-likeness (QED) is 0.543. The number of rotatable bonds is 3. The second kappa shape index (κ2) is 6.19. The van der Waals surface area contributed by atoms with Crippen LogP contribution in [0.15, 0.2) is 35.0 Å². The van der Waals surface area contributed by atoms with E-state index in [-0.39, 0.29) is 0 Å². The molecular weight excluding hydrogens is 328 g/mol. The van der Waals surface area contributed by atoms with Gasteiger partial charge in [-0.15, -0.1) is 34.0 Å². The van der Waals surface area contributed by atoms with E-state index in [1.165, 1.54) is 51.6 Å². The van der Waals surface area contributed by atoms with Crippen LogP contribution in [0.5, 0.6) is 5.75 Å². The Balaban J connectivity index is 1.86. The Morgan fingerprint density at radius 1 is 0.909 bits per heavy atom. The topological polar surface area (TPSA) is 20.2 Å². The molecule has 0 aliphatic heterocycles. The summed E-state index contributed by atoms with van der Waals surface area (Å²) in [6.07, 6.45) is 6.39. The van der Waals surface area contributed by atoms with Crippen molar-refractivity contribution in [2.45, 2.75) is 38.0 Å². The lowest BCUT2D eigenvalue weighted by atomic mass is 9.87. The number of aromatic hydroxyl groups is 1. The number of hydrogen-bond donors (Lipinski definition) is 1. The van der Waals surface area contributed by atoms with Crippen molar-refractivity contribution in [2.24, 2.45) is 0 Å². The lowest BCUT2D eigenvalue weighted by Gasteiger charge is -2.20. The average Bonchev–Trinajstić information content (AvgIpc) is 3.28. The second-order valence-electron chi connectivity index (χ2n) is 5.81. The molecule has 0 spiro atoms. The number of thiophene rings is 3. The van der Waals surface area contributed by atoms with Crippen molar-refractivity contribution in [3.05, 3.63) is 39.9 Å². The fourth-order valence-corrected chi connectivity index (χ4v) is 6.39. The first-order valence-corrected chi connectivity index (χ1v) is 10.4. The Labute approximate surface area is 142 Å². The van der Waals surface area contributed by atoms with Crippen LogP contribution in [-0.4, -0.2) is 5.11 Å². The molecule has 0 radical (unpaired) electrons. The van der Waals surface area contributed by atoms with Gasteiger partial charge in [-0.1, -0.05) is 31.4 Å². The summed E-state index contributed by atoms with van der Waals surface area (Å²) in [7, 11) is 0. The molecule has 3 aromatic heterocycles. The Kier molecular flexibility index (Phi) is 4.07. The monoisotopic (exact) mass is 346 g/mol. The highest BCUT2D eigenvalue weighted by atomic mass is 32.1. The molecular formula is C18H18OS3. The van der Waals surface area contributed by atoms with Crippen LogP contribution in [0.1, 0.15) is 42.9 Å². The summed E-state index contributed by atoms with van der Waals surface area (Å²) >= 11 is 5.29. The normalized spacial score (nSPS) is 16.2. The van der Waals surface area contributed by atoms with Crippen molar-refractivity contribution in [1.29, 1.82) is 0 Å². The van der Waals surface area contributed by atoms with E-state index >= 15 is 0 Å². The van der Waals surface area contributed by atoms with Crippen LogP contribution in [0.4, 0.5) is 0 Å². The predicted molar refractivity (Wildman–Crippen MR) is 98.4 cm³/mol. The number of hydrogen-bond acceptors (Lipinski definition) is 4. The van der Waals surface area contributed by atoms with Crippen LogP contribution >= 0.6 is 34.0 Å². The smallest absolute Gasteiger partial charge is 0.139 e. The molecule has 3 heterocycles. The van der Waals surface area contributed by atoms with Crippen molar-refractivity contribution in [3.8, 4) is 25.9 Å². The highest BCUT2D eigenvalue weighted by molar-refractivity contribution is 7.22. The van der Waals surface area contributed by atoms with Crippen LogP contribution in [-0.2, 0) is 0 Å². The average molecular weight is 347 g/mol. The first-order chi connectivity index (χ1) is 10.8. The van der Waals surface area contributed by atoms with Gasteiger partial charge in [0.1, 0.15) is 5.75 Å². The van der Waals surface area contributed by atoms with E-state index in [4.69, 9.17) is 0 Å². The lowest BCUT2D eigenvalue weighted by Crippen LogP contribution is -2.02. The molecule has 1 aliphatic carbocycles. The molecule has 0 saturated heterocycles. The molecule has 0 atom stereocenters. The van der Waals surface area contributed by atoms with Crippen LogP contribution in [0.25, 0.3) is 20.2 Å². The zero-order valence-corrected chi connectivity index (χ0v) is 14.7. The molecule has 0 aromatic carbocycles. The van der Waals surface area contributed by atoms with Crippen LogP contribution in [0.3, 0.4) is 0 Å². The minimum absolute atomic E-state index is 0.544. The third-order valence-corrected chi connectivity index (χ3v) is 7.68. The Bertz CT molecular complexity index is 732. The van der Waals surface area contributed by atoms with E-state index in [0.717, 1.165) is 5.56 Å². The van der Waals surface area contributed by atoms with E-state index in [1.807, 2.05) is 11.3 Å². The summed E-state index contributed by atoms with van der Waals surface area (Å²) in [4.78, 5) is 4.91. The SMILES string of the molecule is Oc1c(C2CCCCC2)sc(-c2cccs2)c1-c1cccs1. The standard InChI is InChI=1S/C18H18OS3/c19-16-15(13-8-4-10-20-13)18(14-9-5-11-21-14)22-17(16)12-6-2-1-3-7-12/h4-5,8-12,19H,1-3,6-7H2. The maximum absolute atomic E-state index is 11.0. The maximum Gasteiger partial charge on any atom is 0.139 e. The molecule has 0 bridgehead atoms. The molecule has 22 heavy (non-hydrogen) atoms. The van der Waals surface area contributed by atoms with Gasteiger partial charge in [-0.2, -0.15) is 0 Å².